The average Bonchev–Trinajstić information content (AvgIpc) is 2.32. The van der Waals surface area contributed by atoms with Gasteiger partial charge < -0.3 is 14.8 Å². The summed E-state index contributed by atoms with van der Waals surface area (Å²) in [6.07, 6.45) is 1.84. The van der Waals surface area contributed by atoms with E-state index in [1.165, 1.54) is 0 Å². The van der Waals surface area contributed by atoms with Gasteiger partial charge in [-0.2, -0.15) is 0 Å². The van der Waals surface area contributed by atoms with E-state index in [9.17, 15) is 4.79 Å². The van der Waals surface area contributed by atoms with Crippen molar-refractivity contribution in [3.63, 3.8) is 0 Å². The summed E-state index contributed by atoms with van der Waals surface area (Å²) in [5, 5.41) is 3.23. The van der Waals surface area contributed by atoms with Crippen LogP contribution in [0.15, 0.2) is 0 Å². The molecule has 0 fully saturated rings. The van der Waals surface area contributed by atoms with Gasteiger partial charge >= 0.3 is 0 Å². The van der Waals surface area contributed by atoms with E-state index in [-0.39, 0.29) is 12.4 Å². The van der Waals surface area contributed by atoms with Crippen LogP contribution in [0.25, 0.3) is 0 Å². The predicted molar refractivity (Wildman–Crippen MR) is 67.9 cm³/mol. The second-order valence-corrected chi connectivity index (χ2v) is 3.52. The number of nitrogens with one attached hydrogen (secondary N) is 1. The maximum atomic E-state index is 10.9. The smallest absolute Gasteiger partial charge is 0.231 e. The first kappa shape index (κ1) is 16.1. The molecule has 0 spiro atoms. The van der Waals surface area contributed by atoms with Gasteiger partial charge in [0.2, 0.25) is 5.78 Å². The van der Waals surface area contributed by atoms with E-state index in [2.05, 4.69) is 24.1 Å². The van der Waals surface area contributed by atoms with Crippen LogP contribution in [0, 0.1) is 11.8 Å². The highest BCUT2D eigenvalue weighted by atomic mass is 16.5. The van der Waals surface area contributed by atoms with E-state index in [4.69, 9.17) is 9.47 Å². The van der Waals surface area contributed by atoms with Crippen molar-refractivity contribution < 1.29 is 14.3 Å². The van der Waals surface area contributed by atoms with Gasteiger partial charge in [-0.05, 0) is 38.8 Å². The summed E-state index contributed by atoms with van der Waals surface area (Å²) < 4.78 is 10.6. The van der Waals surface area contributed by atoms with Gasteiger partial charge in [0.25, 0.3) is 0 Å². The van der Waals surface area contributed by atoms with Crippen molar-refractivity contribution >= 4 is 5.78 Å². The van der Waals surface area contributed by atoms with Crippen molar-refractivity contribution in [3.8, 4) is 11.8 Å². The van der Waals surface area contributed by atoms with Crippen LogP contribution in [0.1, 0.15) is 26.7 Å². The zero-order valence-electron chi connectivity index (χ0n) is 10.9. The fourth-order valence-electron chi connectivity index (χ4n) is 1.18. The summed E-state index contributed by atoms with van der Waals surface area (Å²) in [6, 6.07) is 0. The third-order valence-electron chi connectivity index (χ3n) is 1.97. The fourth-order valence-corrected chi connectivity index (χ4v) is 1.18. The molecule has 0 aliphatic carbocycles. The second-order valence-electron chi connectivity index (χ2n) is 3.52. The number of ketones is 1. The quantitative estimate of drug-likeness (QED) is 0.333. The molecule has 0 saturated carbocycles. The van der Waals surface area contributed by atoms with Crippen LogP contribution < -0.4 is 5.32 Å². The Bertz CT molecular complexity index is 243. The van der Waals surface area contributed by atoms with E-state index in [0.717, 1.165) is 32.5 Å². The second kappa shape index (κ2) is 13.2. The molecule has 0 heterocycles. The molecule has 0 aliphatic rings. The molecule has 1 N–H and O–H groups in total. The van der Waals surface area contributed by atoms with Gasteiger partial charge in [-0.15, -0.1) is 0 Å². The molecule has 4 nitrogen and oxygen atoms in total. The molecular weight excluding hydrogens is 218 g/mol. The van der Waals surface area contributed by atoms with Gasteiger partial charge in [0.1, 0.15) is 6.61 Å². The molecule has 0 amide bonds. The fraction of sp³-hybridized carbons (Fsp3) is 0.769. The Hall–Kier alpha value is -0.890. The molecule has 0 bridgehead atoms. The topological polar surface area (TPSA) is 47.6 Å². The van der Waals surface area contributed by atoms with Gasteiger partial charge in [0.15, 0.2) is 0 Å². The molecule has 0 unspecified atom stereocenters. The molecule has 0 aromatic heterocycles. The molecule has 0 atom stereocenters. The van der Waals surface area contributed by atoms with Crippen molar-refractivity contribution in [1.29, 1.82) is 0 Å². The summed E-state index contributed by atoms with van der Waals surface area (Å²) in [6.45, 7) is 7.81. The summed E-state index contributed by atoms with van der Waals surface area (Å²) in [4.78, 5) is 10.9. The summed E-state index contributed by atoms with van der Waals surface area (Å²) in [5.41, 5.74) is 0. The summed E-state index contributed by atoms with van der Waals surface area (Å²) in [7, 11) is 0. The van der Waals surface area contributed by atoms with Crippen LogP contribution in [0.2, 0.25) is 0 Å². The van der Waals surface area contributed by atoms with Crippen molar-refractivity contribution in [3.05, 3.63) is 0 Å². The number of carbonyl (C=O) groups excluding carboxylic acids is 1. The first-order valence-corrected chi connectivity index (χ1v) is 6.13. The molecule has 98 valence electrons. The Morgan fingerprint density at radius 1 is 1.18 bits per heavy atom. The number of carbonyl (C=O) groups is 1. The minimum atomic E-state index is -0.168. The zero-order chi connectivity index (χ0) is 12.8. The van der Waals surface area contributed by atoms with Crippen molar-refractivity contribution in [2.45, 2.75) is 26.7 Å². The monoisotopic (exact) mass is 241 g/mol. The van der Waals surface area contributed by atoms with Crippen LogP contribution in [-0.4, -0.2) is 45.3 Å². The molecule has 0 rings (SSSR count). The van der Waals surface area contributed by atoms with E-state index >= 15 is 0 Å². The lowest BCUT2D eigenvalue weighted by Gasteiger charge is -2.04. The number of hydrogen-bond acceptors (Lipinski definition) is 4. The van der Waals surface area contributed by atoms with E-state index in [1.807, 2.05) is 0 Å². The van der Waals surface area contributed by atoms with Crippen LogP contribution in [0.3, 0.4) is 0 Å². The minimum absolute atomic E-state index is 0.0846. The molecule has 0 radical (unpaired) electrons. The van der Waals surface area contributed by atoms with Crippen LogP contribution in [0.5, 0.6) is 0 Å². The van der Waals surface area contributed by atoms with Crippen LogP contribution in [0.4, 0.5) is 0 Å². The lowest BCUT2D eigenvalue weighted by Crippen LogP contribution is -2.16. The van der Waals surface area contributed by atoms with Crippen molar-refractivity contribution in [1.82, 2.24) is 5.32 Å². The standard InChI is InChI=1S/C13H23NO3/c1-3-7-13(15)12-17-11-6-10-16-9-5-8-14-4-2/h14H,4-6,8-12H2,1-2H3. The Kier molecular flexibility index (Phi) is 12.5. The zero-order valence-corrected chi connectivity index (χ0v) is 10.9. The molecule has 0 saturated heterocycles. The lowest BCUT2D eigenvalue weighted by molar-refractivity contribution is -0.118. The largest absolute Gasteiger partial charge is 0.381 e. The van der Waals surface area contributed by atoms with Gasteiger partial charge in [0, 0.05) is 19.8 Å². The van der Waals surface area contributed by atoms with Gasteiger partial charge in [-0.3, -0.25) is 4.79 Å². The molecule has 0 aromatic carbocycles. The average molecular weight is 241 g/mol. The first-order chi connectivity index (χ1) is 8.31. The molecule has 4 heteroatoms. The van der Waals surface area contributed by atoms with Gasteiger partial charge in [0.05, 0.1) is 0 Å². The molecule has 0 aromatic rings. The lowest BCUT2D eigenvalue weighted by atomic mass is 10.4. The molecule has 0 aliphatic heterocycles. The maximum absolute atomic E-state index is 10.9. The first-order valence-electron chi connectivity index (χ1n) is 6.13. The highest BCUT2D eigenvalue weighted by Crippen LogP contribution is 1.88. The van der Waals surface area contributed by atoms with Crippen molar-refractivity contribution in [2.75, 3.05) is 39.5 Å². The number of Topliss-reactive ketones (excluding diaryl/α,β-unsaturated/α-hetero) is 1. The third-order valence-corrected chi connectivity index (χ3v) is 1.97. The van der Waals surface area contributed by atoms with E-state index in [1.54, 1.807) is 6.92 Å². The molecule has 17 heavy (non-hydrogen) atoms. The van der Waals surface area contributed by atoms with Gasteiger partial charge in [-0.25, -0.2) is 0 Å². The Morgan fingerprint density at radius 2 is 1.88 bits per heavy atom. The van der Waals surface area contributed by atoms with Gasteiger partial charge in [-0.1, -0.05) is 12.8 Å². The van der Waals surface area contributed by atoms with Crippen molar-refractivity contribution in [2.24, 2.45) is 0 Å². The number of ether oxygens (including phenoxy) is 2. The number of hydrogen-bond donors (Lipinski definition) is 1. The Labute approximate surface area is 104 Å². The highest BCUT2D eigenvalue weighted by molar-refractivity contribution is 5.96. The predicted octanol–water partition coefficient (Wildman–Crippen LogP) is 1.00. The number of rotatable bonds is 11. The Balaban J connectivity index is 3.07. The maximum Gasteiger partial charge on any atom is 0.231 e. The van der Waals surface area contributed by atoms with E-state index in [0.29, 0.717) is 13.2 Å². The molecular formula is C13H23NO3. The summed E-state index contributed by atoms with van der Waals surface area (Å²) in [5.74, 6) is 4.80. The third kappa shape index (κ3) is 13.0. The summed E-state index contributed by atoms with van der Waals surface area (Å²) >= 11 is 0. The normalized spacial score (nSPS) is 9.76. The van der Waals surface area contributed by atoms with Crippen LogP contribution in [-0.2, 0) is 14.3 Å². The SMILES string of the molecule is CC#CC(=O)COCCCOCCCNCC. The minimum Gasteiger partial charge on any atom is -0.381 e. The highest BCUT2D eigenvalue weighted by Gasteiger charge is 1.96. The van der Waals surface area contributed by atoms with E-state index < -0.39 is 0 Å². The van der Waals surface area contributed by atoms with Crippen LogP contribution >= 0.6 is 0 Å². The Morgan fingerprint density at radius 3 is 2.59 bits per heavy atom.